The quantitative estimate of drug-likeness (QED) is 0.885. The molecule has 3 rings (SSSR count). The van der Waals surface area contributed by atoms with E-state index in [2.05, 4.69) is 28.6 Å². The highest BCUT2D eigenvalue weighted by molar-refractivity contribution is 7.11. The summed E-state index contributed by atoms with van der Waals surface area (Å²) < 4.78 is 5.80. The van der Waals surface area contributed by atoms with Crippen molar-refractivity contribution in [1.29, 1.82) is 0 Å². The first kappa shape index (κ1) is 15.8. The van der Waals surface area contributed by atoms with E-state index in [0.717, 1.165) is 17.2 Å². The monoisotopic (exact) mass is 331 g/mol. The van der Waals surface area contributed by atoms with Crippen molar-refractivity contribution in [3.05, 3.63) is 45.9 Å². The van der Waals surface area contributed by atoms with Gasteiger partial charge in [-0.05, 0) is 18.6 Å². The molecule has 0 unspecified atom stereocenters. The van der Waals surface area contributed by atoms with E-state index < -0.39 is 0 Å². The first-order chi connectivity index (χ1) is 11.1. The van der Waals surface area contributed by atoms with Gasteiger partial charge in [-0.2, -0.15) is 0 Å². The Kier molecular flexibility index (Phi) is 4.81. The largest absolute Gasteiger partial charge is 0.488 e. The van der Waals surface area contributed by atoms with E-state index in [0.29, 0.717) is 13.1 Å². The molecule has 0 aliphatic carbocycles. The average molecular weight is 331 g/mol. The van der Waals surface area contributed by atoms with Crippen molar-refractivity contribution >= 4 is 17.4 Å². The van der Waals surface area contributed by atoms with Gasteiger partial charge in [0.2, 0.25) is 0 Å². The molecule has 2 N–H and O–H groups in total. The Balaban J connectivity index is 1.39. The van der Waals surface area contributed by atoms with Crippen LogP contribution in [0.25, 0.3) is 0 Å². The zero-order valence-corrected chi connectivity index (χ0v) is 14.2. The Morgan fingerprint density at radius 2 is 2.26 bits per heavy atom. The standard InChI is InChI=1S/C17H21N3O2S/c1-11(16-18-9-12(2)23-16)8-19-17(21)20-10-14-7-13-5-3-4-6-15(13)22-14/h3-6,9,11,14H,7-8,10H2,1-2H3,(H2,19,20,21)/t11-,14+/m1/s1. The lowest BCUT2D eigenvalue weighted by atomic mass is 10.1. The fraction of sp³-hybridized carbons (Fsp3) is 0.412. The number of hydrogen-bond acceptors (Lipinski definition) is 4. The molecule has 0 radical (unpaired) electrons. The lowest BCUT2D eigenvalue weighted by molar-refractivity contribution is 0.213. The van der Waals surface area contributed by atoms with E-state index in [-0.39, 0.29) is 18.1 Å². The van der Waals surface area contributed by atoms with Gasteiger partial charge < -0.3 is 15.4 Å². The van der Waals surface area contributed by atoms with E-state index in [9.17, 15) is 4.79 Å². The molecule has 0 saturated carbocycles. The summed E-state index contributed by atoms with van der Waals surface area (Å²) in [7, 11) is 0. The molecule has 5 nitrogen and oxygen atoms in total. The fourth-order valence-corrected chi connectivity index (χ4v) is 3.40. The molecule has 0 spiro atoms. The fourth-order valence-electron chi connectivity index (χ4n) is 2.57. The molecule has 1 aromatic heterocycles. The van der Waals surface area contributed by atoms with Gasteiger partial charge in [0.25, 0.3) is 0 Å². The molecule has 1 aliphatic heterocycles. The Morgan fingerprint density at radius 1 is 1.43 bits per heavy atom. The van der Waals surface area contributed by atoms with E-state index in [1.54, 1.807) is 11.3 Å². The van der Waals surface area contributed by atoms with Crippen molar-refractivity contribution in [2.24, 2.45) is 0 Å². The summed E-state index contributed by atoms with van der Waals surface area (Å²) in [6.45, 7) is 5.18. The summed E-state index contributed by atoms with van der Waals surface area (Å²) in [4.78, 5) is 17.5. The molecular weight excluding hydrogens is 310 g/mol. The minimum absolute atomic E-state index is 0.0113. The molecule has 23 heavy (non-hydrogen) atoms. The summed E-state index contributed by atoms with van der Waals surface area (Å²) in [5.41, 5.74) is 1.20. The van der Waals surface area contributed by atoms with Gasteiger partial charge in [0.15, 0.2) is 0 Å². The van der Waals surface area contributed by atoms with Gasteiger partial charge in [0.05, 0.1) is 11.6 Å². The van der Waals surface area contributed by atoms with Crippen LogP contribution in [0.2, 0.25) is 0 Å². The number of aromatic nitrogens is 1. The van der Waals surface area contributed by atoms with Gasteiger partial charge in [-0.15, -0.1) is 11.3 Å². The molecule has 2 amide bonds. The normalized spacial score (nSPS) is 17.2. The Hall–Kier alpha value is -2.08. The first-order valence-corrected chi connectivity index (χ1v) is 8.62. The smallest absolute Gasteiger partial charge is 0.314 e. The number of aryl methyl sites for hydroxylation is 1. The number of ether oxygens (including phenoxy) is 1. The van der Waals surface area contributed by atoms with Crippen LogP contribution in [0.4, 0.5) is 4.79 Å². The highest BCUT2D eigenvalue weighted by Crippen LogP contribution is 2.27. The number of nitrogens with zero attached hydrogens (tertiary/aromatic N) is 1. The highest BCUT2D eigenvalue weighted by Gasteiger charge is 2.22. The van der Waals surface area contributed by atoms with Crippen molar-refractivity contribution in [2.45, 2.75) is 32.3 Å². The van der Waals surface area contributed by atoms with E-state index >= 15 is 0 Å². The van der Waals surface area contributed by atoms with Crippen LogP contribution in [0.1, 0.15) is 28.3 Å². The molecule has 2 atom stereocenters. The number of para-hydroxylation sites is 1. The van der Waals surface area contributed by atoms with Gasteiger partial charge in [0, 0.05) is 30.0 Å². The van der Waals surface area contributed by atoms with E-state index in [4.69, 9.17) is 4.74 Å². The van der Waals surface area contributed by atoms with Crippen LogP contribution >= 0.6 is 11.3 Å². The minimum Gasteiger partial charge on any atom is -0.488 e. The van der Waals surface area contributed by atoms with Gasteiger partial charge in [0.1, 0.15) is 11.9 Å². The predicted octanol–water partition coefficient (Wildman–Crippen LogP) is 2.86. The molecule has 2 heterocycles. The van der Waals surface area contributed by atoms with Gasteiger partial charge in [-0.25, -0.2) is 9.78 Å². The molecule has 6 heteroatoms. The second-order valence-corrected chi connectivity index (χ2v) is 7.12. The van der Waals surface area contributed by atoms with Crippen molar-refractivity contribution in [3.8, 4) is 5.75 Å². The maximum Gasteiger partial charge on any atom is 0.314 e. The molecule has 122 valence electrons. The molecule has 0 saturated heterocycles. The average Bonchev–Trinajstić information content (AvgIpc) is 3.16. The predicted molar refractivity (Wildman–Crippen MR) is 91.2 cm³/mol. The van der Waals surface area contributed by atoms with Crippen molar-refractivity contribution in [2.75, 3.05) is 13.1 Å². The van der Waals surface area contributed by atoms with Crippen molar-refractivity contribution in [1.82, 2.24) is 15.6 Å². The van der Waals surface area contributed by atoms with Gasteiger partial charge in [-0.3, -0.25) is 0 Å². The third-order valence-corrected chi connectivity index (χ3v) is 4.98. The molecule has 2 aromatic rings. The zero-order valence-electron chi connectivity index (χ0n) is 13.3. The number of rotatable bonds is 5. The number of urea groups is 1. The summed E-state index contributed by atoms with van der Waals surface area (Å²) in [6.07, 6.45) is 2.72. The third kappa shape index (κ3) is 4.01. The second kappa shape index (κ2) is 7.00. The van der Waals surface area contributed by atoms with Crippen LogP contribution in [0.3, 0.4) is 0 Å². The maximum absolute atomic E-state index is 11.9. The Labute approximate surface area is 140 Å². The van der Waals surface area contributed by atoms with Gasteiger partial charge >= 0.3 is 6.03 Å². The summed E-state index contributed by atoms with van der Waals surface area (Å²) in [6, 6.07) is 7.83. The number of carbonyl (C=O) groups is 1. The van der Waals surface area contributed by atoms with Crippen LogP contribution < -0.4 is 15.4 Å². The molecule has 1 aromatic carbocycles. The molecule has 0 bridgehead atoms. The van der Waals surface area contributed by atoms with Crippen LogP contribution in [0, 0.1) is 6.92 Å². The number of amides is 2. The summed E-state index contributed by atoms with van der Waals surface area (Å²) in [5.74, 6) is 1.14. The lowest BCUT2D eigenvalue weighted by Gasteiger charge is -2.14. The summed E-state index contributed by atoms with van der Waals surface area (Å²) >= 11 is 1.67. The number of carbonyl (C=O) groups excluding carboxylic acids is 1. The molecular formula is C17H21N3O2S. The van der Waals surface area contributed by atoms with E-state index in [1.807, 2.05) is 31.3 Å². The number of fused-ring (bicyclic) bond motifs is 1. The zero-order chi connectivity index (χ0) is 16.2. The number of thiazole rings is 1. The number of nitrogens with one attached hydrogen (secondary N) is 2. The SMILES string of the molecule is Cc1cnc([C@H](C)CNC(=O)NC[C@@H]2Cc3ccccc3O2)s1. The maximum atomic E-state index is 11.9. The Bertz CT molecular complexity index is 661. The Morgan fingerprint density at radius 3 is 3.00 bits per heavy atom. The van der Waals surface area contributed by atoms with Crippen molar-refractivity contribution in [3.63, 3.8) is 0 Å². The minimum atomic E-state index is -0.162. The van der Waals surface area contributed by atoms with E-state index in [1.165, 1.54) is 10.4 Å². The number of hydrogen-bond donors (Lipinski definition) is 2. The van der Waals surface area contributed by atoms with Crippen LogP contribution in [-0.2, 0) is 6.42 Å². The van der Waals surface area contributed by atoms with Crippen molar-refractivity contribution < 1.29 is 9.53 Å². The highest BCUT2D eigenvalue weighted by atomic mass is 32.1. The lowest BCUT2D eigenvalue weighted by Crippen LogP contribution is -2.42. The van der Waals surface area contributed by atoms with Crippen LogP contribution in [0.15, 0.2) is 30.5 Å². The molecule has 0 fully saturated rings. The summed E-state index contributed by atoms with van der Waals surface area (Å²) in [5, 5.41) is 6.83. The topological polar surface area (TPSA) is 63.2 Å². The molecule has 1 aliphatic rings. The first-order valence-electron chi connectivity index (χ1n) is 7.80. The second-order valence-electron chi connectivity index (χ2n) is 5.85. The number of benzene rings is 1. The van der Waals surface area contributed by atoms with Crippen LogP contribution in [-0.4, -0.2) is 30.2 Å². The van der Waals surface area contributed by atoms with Crippen LogP contribution in [0.5, 0.6) is 5.75 Å². The van der Waals surface area contributed by atoms with Gasteiger partial charge in [-0.1, -0.05) is 25.1 Å². The third-order valence-electron chi connectivity index (χ3n) is 3.83.